The predicted octanol–water partition coefficient (Wildman–Crippen LogP) is 1.14. The summed E-state index contributed by atoms with van der Waals surface area (Å²) in [6, 6.07) is 0. The molecule has 2 aliphatic rings. The molecule has 0 aromatic heterocycles. The molecule has 2 fully saturated rings. The van der Waals surface area contributed by atoms with Crippen LogP contribution in [0, 0.1) is 0 Å². The fourth-order valence-electron chi connectivity index (χ4n) is 2.01. The van der Waals surface area contributed by atoms with Crippen LogP contribution in [0.3, 0.4) is 0 Å². The van der Waals surface area contributed by atoms with Gasteiger partial charge in [-0.15, -0.1) is 0 Å². The topological polar surface area (TPSA) is 91.4 Å². The first-order valence-corrected chi connectivity index (χ1v) is 7.07. The van der Waals surface area contributed by atoms with Gasteiger partial charge in [-0.25, -0.2) is 4.79 Å². The van der Waals surface area contributed by atoms with Gasteiger partial charge in [-0.2, -0.15) is 0 Å². The number of hydrogen-bond donors (Lipinski definition) is 0. The molecule has 0 aliphatic carbocycles. The predicted molar refractivity (Wildman–Crippen MR) is 67.7 cm³/mol. The molecular weight excluding hydrogens is 282 g/mol. The molecule has 0 aromatic rings. The number of carbonyl (C=O) groups is 3. The number of nitrogens with zero attached hydrogens (tertiary/aromatic N) is 1. The van der Waals surface area contributed by atoms with Crippen molar-refractivity contribution in [2.24, 2.45) is 0 Å². The maximum atomic E-state index is 11.5. The highest BCUT2D eigenvalue weighted by Crippen LogP contribution is 2.19. The smallest absolute Gasteiger partial charge is 0.427 e. The summed E-state index contributed by atoms with van der Waals surface area (Å²) >= 11 is 0. The number of unbranched alkanes of at least 4 members (excludes halogenated alkanes) is 1. The number of ether oxygens (including phenoxy) is 3. The van der Waals surface area contributed by atoms with Crippen molar-refractivity contribution in [3.05, 3.63) is 0 Å². The largest absolute Gasteiger partial charge is 0.534 e. The van der Waals surface area contributed by atoms with Gasteiger partial charge in [0.25, 0.3) is 11.8 Å². The summed E-state index contributed by atoms with van der Waals surface area (Å²) in [5, 5.41) is 0.452. The lowest BCUT2D eigenvalue weighted by Crippen LogP contribution is -2.33. The lowest BCUT2D eigenvalue weighted by Gasteiger charge is -2.14. The first kappa shape index (κ1) is 15.7. The molecule has 0 spiro atoms. The molecule has 0 unspecified atom stereocenters. The zero-order valence-electron chi connectivity index (χ0n) is 11.9. The second-order valence-corrected chi connectivity index (χ2v) is 4.89. The van der Waals surface area contributed by atoms with Crippen LogP contribution in [0.1, 0.15) is 39.0 Å². The molecule has 2 heterocycles. The molecule has 0 saturated carbocycles. The van der Waals surface area contributed by atoms with Gasteiger partial charge in [0, 0.05) is 25.9 Å². The van der Waals surface area contributed by atoms with E-state index in [1.165, 1.54) is 0 Å². The second-order valence-electron chi connectivity index (χ2n) is 4.89. The van der Waals surface area contributed by atoms with Gasteiger partial charge in [0.2, 0.25) is 0 Å². The van der Waals surface area contributed by atoms with E-state index in [1.54, 1.807) is 0 Å². The summed E-state index contributed by atoms with van der Waals surface area (Å²) in [5.74, 6) is -1.08. The summed E-state index contributed by atoms with van der Waals surface area (Å²) in [7, 11) is 0. The molecule has 21 heavy (non-hydrogen) atoms. The molecule has 118 valence electrons. The van der Waals surface area contributed by atoms with Gasteiger partial charge in [-0.1, -0.05) is 18.4 Å². The molecule has 0 N–H and O–H groups in total. The SMILES string of the molecule is CCCCO[C@@H]1C[C@H](OC(=O)ON2C(=O)CCC2=O)CO1. The third-order valence-electron chi connectivity index (χ3n) is 3.16. The third-order valence-corrected chi connectivity index (χ3v) is 3.16. The molecule has 2 aliphatic heterocycles. The molecule has 0 bridgehead atoms. The Bertz CT molecular complexity index is 395. The van der Waals surface area contributed by atoms with E-state index in [2.05, 4.69) is 11.8 Å². The van der Waals surface area contributed by atoms with Crippen LogP contribution < -0.4 is 0 Å². The summed E-state index contributed by atoms with van der Waals surface area (Å²) < 4.78 is 15.8. The van der Waals surface area contributed by atoms with Crippen molar-refractivity contribution in [2.75, 3.05) is 13.2 Å². The van der Waals surface area contributed by atoms with Gasteiger partial charge >= 0.3 is 6.16 Å². The van der Waals surface area contributed by atoms with Gasteiger partial charge in [-0.3, -0.25) is 14.4 Å². The minimum Gasteiger partial charge on any atom is -0.427 e. The van der Waals surface area contributed by atoms with Gasteiger partial charge in [0.15, 0.2) is 6.29 Å². The minimum atomic E-state index is -1.08. The summed E-state index contributed by atoms with van der Waals surface area (Å²) in [5.41, 5.74) is 0. The highest BCUT2D eigenvalue weighted by atomic mass is 16.8. The van der Waals surface area contributed by atoms with Crippen LogP contribution >= 0.6 is 0 Å². The van der Waals surface area contributed by atoms with Crippen LogP contribution in [-0.2, 0) is 28.6 Å². The van der Waals surface area contributed by atoms with Crippen molar-refractivity contribution < 1.29 is 33.4 Å². The average molecular weight is 301 g/mol. The first-order chi connectivity index (χ1) is 10.1. The first-order valence-electron chi connectivity index (χ1n) is 7.07. The molecule has 2 atom stereocenters. The Morgan fingerprint density at radius 1 is 1.33 bits per heavy atom. The Hall–Kier alpha value is -1.67. The lowest BCUT2D eigenvalue weighted by atomic mass is 10.3. The maximum Gasteiger partial charge on any atom is 0.534 e. The molecular formula is C13H19NO7. The Kier molecular flexibility index (Phi) is 5.51. The number of carbonyl (C=O) groups excluding carboxylic acids is 3. The standard InChI is InChI=1S/C13H19NO7/c1-2-3-6-18-12-7-9(8-19-12)20-13(17)21-14-10(15)4-5-11(14)16/h9,12H,2-8H2,1H3/t9-,12-/m0/s1. The maximum absolute atomic E-state index is 11.5. The number of imide groups is 1. The number of hydrogen-bond acceptors (Lipinski definition) is 7. The third kappa shape index (κ3) is 4.40. The van der Waals surface area contributed by atoms with Crippen molar-refractivity contribution in [3.8, 4) is 0 Å². The van der Waals surface area contributed by atoms with Crippen molar-refractivity contribution >= 4 is 18.0 Å². The van der Waals surface area contributed by atoms with E-state index in [0.717, 1.165) is 12.8 Å². The molecule has 2 rings (SSSR count). The Balaban J connectivity index is 1.69. The molecule has 0 aromatic carbocycles. The fourth-order valence-corrected chi connectivity index (χ4v) is 2.01. The van der Waals surface area contributed by atoms with Gasteiger partial charge < -0.3 is 14.2 Å². The monoisotopic (exact) mass is 301 g/mol. The van der Waals surface area contributed by atoms with Crippen molar-refractivity contribution in [1.29, 1.82) is 0 Å². The van der Waals surface area contributed by atoms with Gasteiger partial charge in [-0.05, 0) is 6.42 Å². The van der Waals surface area contributed by atoms with E-state index in [9.17, 15) is 14.4 Å². The zero-order chi connectivity index (χ0) is 15.2. The molecule has 2 saturated heterocycles. The fraction of sp³-hybridized carbons (Fsp3) is 0.769. The number of amides is 2. The summed E-state index contributed by atoms with van der Waals surface area (Å²) in [6.07, 6.45) is 0.477. The van der Waals surface area contributed by atoms with E-state index >= 15 is 0 Å². The molecule has 8 nitrogen and oxygen atoms in total. The van der Waals surface area contributed by atoms with Gasteiger partial charge in [0.05, 0.1) is 6.61 Å². The van der Waals surface area contributed by atoms with E-state index in [4.69, 9.17) is 14.2 Å². The lowest BCUT2D eigenvalue weighted by molar-refractivity contribution is -0.178. The highest BCUT2D eigenvalue weighted by Gasteiger charge is 2.35. The molecule has 2 amide bonds. The zero-order valence-corrected chi connectivity index (χ0v) is 11.9. The number of rotatable bonds is 6. The van der Waals surface area contributed by atoms with Crippen molar-refractivity contribution in [2.45, 2.75) is 51.4 Å². The van der Waals surface area contributed by atoms with Crippen LogP contribution in [0.5, 0.6) is 0 Å². The molecule has 0 radical (unpaired) electrons. The van der Waals surface area contributed by atoms with E-state index < -0.39 is 30.4 Å². The van der Waals surface area contributed by atoms with Crippen molar-refractivity contribution in [1.82, 2.24) is 5.06 Å². The minimum absolute atomic E-state index is 0.0476. The Labute approximate surface area is 122 Å². The van der Waals surface area contributed by atoms with Gasteiger partial charge in [0.1, 0.15) is 6.10 Å². The Morgan fingerprint density at radius 2 is 2.05 bits per heavy atom. The van der Waals surface area contributed by atoms with E-state index in [-0.39, 0.29) is 19.4 Å². The van der Waals surface area contributed by atoms with Crippen LogP contribution in [0.25, 0.3) is 0 Å². The number of hydroxylamine groups is 2. The summed E-state index contributed by atoms with van der Waals surface area (Å²) in [6.45, 7) is 2.85. The van der Waals surface area contributed by atoms with Crippen LogP contribution in [-0.4, -0.2) is 48.6 Å². The van der Waals surface area contributed by atoms with E-state index in [1.807, 2.05) is 0 Å². The highest BCUT2D eigenvalue weighted by molar-refractivity contribution is 6.01. The van der Waals surface area contributed by atoms with E-state index in [0.29, 0.717) is 18.1 Å². The van der Waals surface area contributed by atoms with Crippen LogP contribution in [0.15, 0.2) is 0 Å². The average Bonchev–Trinajstić information content (AvgIpc) is 3.01. The van der Waals surface area contributed by atoms with Crippen LogP contribution in [0.2, 0.25) is 0 Å². The van der Waals surface area contributed by atoms with Crippen molar-refractivity contribution in [3.63, 3.8) is 0 Å². The second kappa shape index (κ2) is 7.37. The normalized spacial score (nSPS) is 25.5. The molecule has 8 heteroatoms. The van der Waals surface area contributed by atoms with Crippen LogP contribution in [0.4, 0.5) is 4.79 Å². The quantitative estimate of drug-likeness (QED) is 0.412. The Morgan fingerprint density at radius 3 is 2.71 bits per heavy atom. The summed E-state index contributed by atoms with van der Waals surface area (Å²) in [4.78, 5) is 38.7.